The Morgan fingerprint density at radius 2 is 1.65 bits per heavy atom. The van der Waals surface area contributed by atoms with Crippen LogP contribution in [-0.2, 0) is 10.0 Å². The van der Waals surface area contributed by atoms with Gasteiger partial charge in [0.2, 0.25) is 0 Å². The van der Waals surface area contributed by atoms with Gasteiger partial charge in [0, 0.05) is 6.07 Å². The average Bonchev–Trinajstić information content (AvgIpc) is 2.50. The molecule has 0 aliphatic carbocycles. The van der Waals surface area contributed by atoms with Gasteiger partial charge in [-0.2, -0.15) is 0 Å². The van der Waals surface area contributed by atoms with Crippen molar-refractivity contribution in [2.75, 3.05) is 18.9 Å². The van der Waals surface area contributed by atoms with E-state index in [1.165, 1.54) is 32.4 Å². The van der Waals surface area contributed by atoms with E-state index in [9.17, 15) is 8.42 Å². The molecule has 0 bridgehead atoms. The summed E-state index contributed by atoms with van der Waals surface area (Å²) in [7, 11) is -0.866. The molecule has 124 valence electrons. The van der Waals surface area contributed by atoms with Crippen molar-refractivity contribution in [2.24, 2.45) is 0 Å². The van der Waals surface area contributed by atoms with Gasteiger partial charge in [0.05, 0.1) is 29.8 Å². The molecule has 0 unspecified atom stereocenters. The lowest BCUT2D eigenvalue weighted by Gasteiger charge is -2.14. The van der Waals surface area contributed by atoms with Crippen molar-refractivity contribution >= 4 is 27.3 Å². The van der Waals surface area contributed by atoms with Crippen LogP contribution in [0.25, 0.3) is 0 Å². The Morgan fingerprint density at radius 3 is 2.22 bits per heavy atom. The van der Waals surface area contributed by atoms with E-state index >= 15 is 0 Å². The molecular formula is C16H18ClNO4S. The minimum atomic E-state index is -3.80. The number of halogens is 1. The maximum atomic E-state index is 12.6. The van der Waals surface area contributed by atoms with E-state index in [1.807, 2.05) is 13.0 Å². The number of rotatable bonds is 5. The second-order valence-electron chi connectivity index (χ2n) is 5.06. The Balaban J connectivity index is 2.44. The third-order valence-corrected chi connectivity index (χ3v) is 4.98. The molecule has 1 N–H and O–H groups in total. The highest BCUT2D eigenvalue weighted by atomic mass is 35.5. The first-order valence-electron chi connectivity index (χ1n) is 6.80. The van der Waals surface area contributed by atoms with E-state index in [4.69, 9.17) is 21.1 Å². The fourth-order valence-corrected chi connectivity index (χ4v) is 3.81. The number of sulfonamides is 1. The second-order valence-corrected chi connectivity index (χ2v) is 7.15. The smallest absolute Gasteiger partial charge is 0.262 e. The molecule has 23 heavy (non-hydrogen) atoms. The lowest BCUT2D eigenvalue weighted by Crippen LogP contribution is -2.14. The van der Waals surface area contributed by atoms with Crippen LogP contribution in [-0.4, -0.2) is 22.6 Å². The summed E-state index contributed by atoms with van der Waals surface area (Å²) in [4.78, 5) is 0.0613. The van der Waals surface area contributed by atoms with Crippen LogP contribution in [0, 0.1) is 13.8 Å². The van der Waals surface area contributed by atoms with Crippen molar-refractivity contribution < 1.29 is 17.9 Å². The van der Waals surface area contributed by atoms with Crippen LogP contribution in [0.3, 0.4) is 0 Å². The normalized spacial score (nSPS) is 11.2. The van der Waals surface area contributed by atoms with Crippen LogP contribution < -0.4 is 14.2 Å². The standard InChI is InChI=1S/C16H18ClNO4S/c1-10-7-11(2)16(13(17)8-10)18-23(19,20)12-5-6-14(21-3)15(9-12)22-4/h5-9,18H,1-4H3. The average molecular weight is 356 g/mol. The zero-order valence-electron chi connectivity index (χ0n) is 13.3. The summed E-state index contributed by atoms with van der Waals surface area (Å²) in [5, 5.41) is 0.353. The fourth-order valence-electron chi connectivity index (χ4n) is 2.22. The first kappa shape index (κ1) is 17.4. The molecular weight excluding hydrogens is 338 g/mol. The Bertz CT molecular complexity index is 811. The van der Waals surface area contributed by atoms with Crippen LogP contribution in [0.15, 0.2) is 35.2 Å². The molecule has 0 saturated heterocycles. The predicted octanol–water partition coefficient (Wildman–Crippen LogP) is 3.77. The van der Waals surface area contributed by atoms with Gasteiger partial charge in [-0.1, -0.05) is 17.7 Å². The lowest BCUT2D eigenvalue weighted by atomic mass is 10.1. The number of hydrogen-bond donors (Lipinski definition) is 1. The zero-order chi connectivity index (χ0) is 17.2. The molecule has 0 aliphatic heterocycles. The highest BCUT2D eigenvalue weighted by Gasteiger charge is 2.19. The second kappa shape index (κ2) is 6.68. The number of nitrogens with one attached hydrogen (secondary N) is 1. The van der Waals surface area contributed by atoms with Crippen molar-refractivity contribution in [1.82, 2.24) is 0 Å². The van der Waals surface area contributed by atoms with Crippen molar-refractivity contribution in [3.05, 3.63) is 46.5 Å². The predicted molar refractivity (Wildman–Crippen MR) is 91.3 cm³/mol. The Morgan fingerprint density at radius 1 is 1.00 bits per heavy atom. The molecule has 0 saturated carbocycles. The molecule has 5 nitrogen and oxygen atoms in total. The van der Waals surface area contributed by atoms with Crippen molar-refractivity contribution in [3.63, 3.8) is 0 Å². The summed E-state index contributed by atoms with van der Waals surface area (Å²) in [6.45, 7) is 3.69. The maximum absolute atomic E-state index is 12.6. The van der Waals surface area contributed by atoms with Crippen LogP contribution in [0.1, 0.15) is 11.1 Å². The summed E-state index contributed by atoms with van der Waals surface area (Å²) >= 11 is 6.16. The quantitative estimate of drug-likeness (QED) is 0.886. The molecule has 0 atom stereocenters. The molecule has 0 amide bonds. The van der Waals surface area contributed by atoms with E-state index in [2.05, 4.69) is 4.72 Å². The lowest BCUT2D eigenvalue weighted by molar-refractivity contribution is 0.354. The fraction of sp³-hybridized carbons (Fsp3) is 0.250. The van der Waals surface area contributed by atoms with Crippen molar-refractivity contribution in [2.45, 2.75) is 18.7 Å². The van der Waals surface area contributed by atoms with Gasteiger partial charge in [-0.15, -0.1) is 0 Å². The molecule has 0 aromatic heterocycles. The summed E-state index contributed by atoms with van der Waals surface area (Å²) in [6.07, 6.45) is 0. The summed E-state index contributed by atoms with van der Waals surface area (Å²) in [5.74, 6) is 0.790. The van der Waals surface area contributed by atoms with E-state index in [1.54, 1.807) is 13.0 Å². The molecule has 2 rings (SSSR count). The number of anilines is 1. The van der Waals surface area contributed by atoms with Gasteiger partial charge in [0.15, 0.2) is 11.5 Å². The van der Waals surface area contributed by atoms with E-state index in [0.717, 1.165) is 11.1 Å². The van der Waals surface area contributed by atoms with Crippen LogP contribution in [0.5, 0.6) is 11.5 Å². The van der Waals surface area contributed by atoms with E-state index in [-0.39, 0.29) is 4.90 Å². The minimum Gasteiger partial charge on any atom is -0.493 e. The van der Waals surface area contributed by atoms with Gasteiger partial charge >= 0.3 is 0 Å². The molecule has 0 fully saturated rings. The van der Waals surface area contributed by atoms with E-state index < -0.39 is 10.0 Å². The topological polar surface area (TPSA) is 64.6 Å². The SMILES string of the molecule is COc1ccc(S(=O)(=O)Nc2c(C)cc(C)cc2Cl)cc1OC. The first-order chi connectivity index (χ1) is 10.8. The van der Waals surface area contributed by atoms with Gasteiger partial charge in [-0.25, -0.2) is 8.42 Å². The summed E-state index contributed by atoms with van der Waals surface area (Å²) in [6, 6.07) is 7.95. The number of methoxy groups -OCH3 is 2. The highest BCUT2D eigenvalue weighted by Crippen LogP contribution is 2.32. The van der Waals surface area contributed by atoms with Crippen LogP contribution in [0.2, 0.25) is 5.02 Å². The Labute approximate surface area is 141 Å². The first-order valence-corrected chi connectivity index (χ1v) is 8.66. The van der Waals surface area contributed by atoms with Gasteiger partial charge < -0.3 is 9.47 Å². The van der Waals surface area contributed by atoms with Crippen molar-refractivity contribution in [3.8, 4) is 11.5 Å². The number of benzene rings is 2. The molecule has 0 aliphatic rings. The zero-order valence-corrected chi connectivity index (χ0v) is 14.9. The third-order valence-electron chi connectivity index (χ3n) is 3.33. The van der Waals surface area contributed by atoms with Gasteiger partial charge in [0.25, 0.3) is 10.0 Å². The van der Waals surface area contributed by atoms with Crippen LogP contribution in [0.4, 0.5) is 5.69 Å². The highest BCUT2D eigenvalue weighted by molar-refractivity contribution is 7.92. The molecule has 7 heteroatoms. The molecule has 2 aromatic carbocycles. The number of ether oxygens (including phenoxy) is 2. The molecule has 0 radical (unpaired) electrons. The van der Waals surface area contributed by atoms with Gasteiger partial charge in [0.1, 0.15) is 0 Å². The molecule has 0 heterocycles. The van der Waals surface area contributed by atoms with Crippen molar-refractivity contribution in [1.29, 1.82) is 0 Å². The molecule has 2 aromatic rings. The Kier molecular flexibility index (Phi) is 5.06. The third kappa shape index (κ3) is 3.71. The Hall–Kier alpha value is -1.92. The number of hydrogen-bond acceptors (Lipinski definition) is 4. The summed E-state index contributed by atoms with van der Waals surface area (Å²) in [5.41, 5.74) is 2.08. The van der Waals surface area contributed by atoms with Gasteiger partial charge in [-0.05, 0) is 43.2 Å². The largest absolute Gasteiger partial charge is 0.493 e. The minimum absolute atomic E-state index is 0.0613. The monoisotopic (exact) mass is 355 g/mol. The molecule has 0 spiro atoms. The van der Waals surface area contributed by atoms with Crippen LogP contribution >= 0.6 is 11.6 Å². The van der Waals surface area contributed by atoms with E-state index in [0.29, 0.717) is 22.2 Å². The van der Waals surface area contributed by atoms with Gasteiger partial charge in [-0.3, -0.25) is 4.72 Å². The summed E-state index contributed by atoms with van der Waals surface area (Å²) < 4.78 is 38.0. The number of aryl methyl sites for hydroxylation is 2. The maximum Gasteiger partial charge on any atom is 0.262 e.